The zero-order valence-electron chi connectivity index (χ0n) is 8.08. The third-order valence-electron chi connectivity index (χ3n) is 1.33. The SMILES string of the molecule is CCOCC(=O)NCC(O)COC. The Labute approximate surface area is 78.0 Å². The van der Waals surface area contributed by atoms with E-state index in [2.05, 4.69) is 10.1 Å². The van der Waals surface area contributed by atoms with Gasteiger partial charge in [0, 0.05) is 20.3 Å². The molecular formula is C8H17NO4. The van der Waals surface area contributed by atoms with Crippen LogP contribution in [0.4, 0.5) is 0 Å². The summed E-state index contributed by atoms with van der Waals surface area (Å²) >= 11 is 0. The highest BCUT2D eigenvalue weighted by molar-refractivity contribution is 5.77. The molecule has 0 saturated carbocycles. The van der Waals surface area contributed by atoms with Crippen molar-refractivity contribution in [1.82, 2.24) is 5.32 Å². The molecule has 1 atom stereocenters. The van der Waals surface area contributed by atoms with Crippen molar-refractivity contribution >= 4 is 5.91 Å². The van der Waals surface area contributed by atoms with Crippen molar-refractivity contribution in [3.63, 3.8) is 0 Å². The average Bonchev–Trinajstić information content (AvgIpc) is 2.12. The standard InChI is InChI=1S/C8H17NO4/c1-3-13-6-8(11)9-4-7(10)5-12-2/h7,10H,3-6H2,1-2H3,(H,9,11). The molecule has 0 aromatic heterocycles. The van der Waals surface area contributed by atoms with E-state index in [-0.39, 0.29) is 25.7 Å². The molecule has 13 heavy (non-hydrogen) atoms. The van der Waals surface area contributed by atoms with Gasteiger partial charge in [-0.2, -0.15) is 0 Å². The van der Waals surface area contributed by atoms with Crippen LogP contribution in [-0.2, 0) is 14.3 Å². The van der Waals surface area contributed by atoms with Crippen molar-refractivity contribution in [2.75, 3.05) is 33.5 Å². The zero-order chi connectivity index (χ0) is 10.1. The van der Waals surface area contributed by atoms with E-state index in [1.807, 2.05) is 6.92 Å². The van der Waals surface area contributed by atoms with Gasteiger partial charge in [-0.15, -0.1) is 0 Å². The molecule has 0 radical (unpaired) electrons. The molecule has 0 aromatic rings. The Kier molecular flexibility index (Phi) is 7.57. The topological polar surface area (TPSA) is 67.8 Å². The summed E-state index contributed by atoms with van der Waals surface area (Å²) < 4.78 is 9.55. The van der Waals surface area contributed by atoms with Crippen LogP contribution in [0.3, 0.4) is 0 Å². The van der Waals surface area contributed by atoms with E-state index in [9.17, 15) is 4.79 Å². The van der Waals surface area contributed by atoms with Crippen molar-refractivity contribution in [3.05, 3.63) is 0 Å². The van der Waals surface area contributed by atoms with E-state index in [1.165, 1.54) is 7.11 Å². The summed E-state index contributed by atoms with van der Waals surface area (Å²) in [6, 6.07) is 0. The monoisotopic (exact) mass is 191 g/mol. The molecule has 0 spiro atoms. The van der Waals surface area contributed by atoms with E-state index < -0.39 is 6.10 Å². The molecule has 0 heterocycles. The Bertz CT molecular complexity index is 140. The Balaban J connectivity index is 3.34. The quantitative estimate of drug-likeness (QED) is 0.550. The van der Waals surface area contributed by atoms with Crippen LogP contribution in [-0.4, -0.2) is 50.6 Å². The number of nitrogens with one attached hydrogen (secondary N) is 1. The Morgan fingerprint density at radius 3 is 2.85 bits per heavy atom. The average molecular weight is 191 g/mol. The van der Waals surface area contributed by atoms with Crippen LogP contribution in [0.2, 0.25) is 0 Å². The molecule has 0 aliphatic heterocycles. The molecule has 0 aromatic carbocycles. The highest BCUT2D eigenvalue weighted by atomic mass is 16.5. The molecular weight excluding hydrogens is 174 g/mol. The lowest BCUT2D eigenvalue weighted by atomic mass is 10.4. The maximum atomic E-state index is 10.9. The number of hydrogen-bond donors (Lipinski definition) is 2. The van der Waals surface area contributed by atoms with Gasteiger partial charge in [0.15, 0.2) is 0 Å². The minimum atomic E-state index is -0.657. The summed E-state index contributed by atoms with van der Waals surface area (Å²) in [6.07, 6.45) is -0.657. The fourth-order valence-electron chi connectivity index (χ4n) is 0.729. The summed E-state index contributed by atoms with van der Waals surface area (Å²) in [6.45, 7) is 2.77. The van der Waals surface area contributed by atoms with E-state index >= 15 is 0 Å². The van der Waals surface area contributed by atoms with Crippen molar-refractivity contribution in [2.24, 2.45) is 0 Å². The van der Waals surface area contributed by atoms with Gasteiger partial charge in [-0.05, 0) is 6.92 Å². The highest BCUT2D eigenvalue weighted by Gasteiger charge is 2.05. The predicted molar refractivity (Wildman–Crippen MR) is 47.4 cm³/mol. The van der Waals surface area contributed by atoms with Crippen LogP contribution in [0.15, 0.2) is 0 Å². The van der Waals surface area contributed by atoms with Gasteiger partial charge < -0.3 is 19.9 Å². The van der Waals surface area contributed by atoms with E-state index in [0.29, 0.717) is 6.61 Å². The Hall–Kier alpha value is -0.650. The van der Waals surface area contributed by atoms with E-state index in [4.69, 9.17) is 9.84 Å². The van der Waals surface area contributed by atoms with Crippen LogP contribution in [0.1, 0.15) is 6.92 Å². The van der Waals surface area contributed by atoms with Crippen LogP contribution in [0.25, 0.3) is 0 Å². The minimum absolute atomic E-state index is 0.0379. The van der Waals surface area contributed by atoms with Crippen LogP contribution in [0, 0.1) is 0 Å². The van der Waals surface area contributed by atoms with Gasteiger partial charge in [-0.25, -0.2) is 0 Å². The van der Waals surface area contributed by atoms with Crippen LogP contribution < -0.4 is 5.32 Å². The third-order valence-corrected chi connectivity index (χ3v) is 1.33. The number of amides is 1. The van der Waals surface area contributed by atoms with E-state index in [1.54, 1.807) is 0 Å². The molecule has 1 amide bonds. The maximum absolute atomic E-state index is 10.9. The normalized spacial score (nSPS) is 12.5. The summed E-state index contributed by atoms with van der Waals surface area (Å²) in [5.41, 5.74) is 0. The summed E-state index contributed by atoms with van der Waals surface area (Å²) in [4.78, 5) is 10.9. The minimum Gasteiger partial charge on any atom is -0.389 e. The number of aliphatic hydroxyl groups excluding tert-OH is 1. The molecule has 0 rings (SSSR count). The van der Waals surface area contributed by atoms with Gasteiger partial charge in [0.1, 0.15) is 6.61 Å². The fourth-order valence-corrected chi connectivity index (χ4v) is 0.729. The van der Waals surface area contributed by atoms with Gasteiger partial charge in [0.05, 0.1) is 12.7 Å². The second-order valence-corrected chi connectivity index (χ2v) is 2.55. The van der Waals surface area contributed by atoms with Crippen molar-refractivity contribution in [1.29, 1.82) is 0 Å². The first-order valence-electron chi connectivity index (χ1n) is 4.22. The molecule has 5 heteroatoms. The third kappa shape index (κ3) is 7.70. The fraction of sp³-hybridized carbons (Fsp3) is 0.875. The van der Waals surface area contributed by atoms with Gasteiger partial charge in [0.25, 0.3) is 0 Å². The molecule has 1 unspecified atom stereocenters. The second kappa shape index (κ2) is 7.97. The van der Waals surface area contributed by atoms with Crippen molar-refractivity contribution < 1.29 is 19.4 Å². The molecule has 0 bridgehead atoms. The second-order valence-electron chi connectivity index (χ2n) is 2.55. The molecule has 0 aliphatic carbocycles. The molecule has 78 valence electrons. The lowest BCUT2D eigenvalue weighted by Gasteiger charge is -2.10. The molecule has 5 nitrogen and oxygen atoms in total. The largest absolute Gasteiger partial charge is 0.389 e. The molecule has 0 fully saturated rings. The Morgan fingerprint density at radius 2 is 2.31 bits per heavy atom. The summed E-state index contributed by atoms with van der Waals surface area (Å²) in [5, 5.41) is 11.7. The first-order chi connectivity index (χ1) is 6.20. The van der Waals surface area contributed by atoms with Crippen molar-refractivity contribution in [2.45, 2.75) is 13.0 Å². The first-order valence-corrected chi connectivity index (χ1v) is 4.22. The number of rotatable bonds is 7. The number of ether oxygens (including phenoxy) is 2. The lowest BCUT2D eigenvalue weighted by molar-refractivity contribution is -0.126. The lowest BCUT2D eigenvalue weighted by Crippen LogP contribution is -2.36. The number of hydrogen-bond acceptors (Lipinski definition) is 4. The first kappa shape index (κ1) is 12.3. The van der Waals surface area contributed by atoms with Gasteiger partial charge >= 0.3 is 0 Å². The van der Waals surface area contributed by atoms with Gasteiger partial charge in [-0.1, -0.05) is 0 Å². The number of carbonyl (C=O) groups excluding carboxylic acids is 1. The van der Waals surface area contributed by atoms with Gasteiger partial charge in [-0.3, -0.25) is 4.79 Å². The molecule has 2 N–H and O–H groups in total. The van der Waals surface area contributed by atoms with Gasteiger partial charge in [0.2, 0.25) is 5.91 Å². The van der Waals surface area contributed by atoms with Crippen molar-refractivity contribution in [3.8, 4) is 0 Å². The molecule has 0 aliphatic rings. The number of methoxy groups -OCH3 is 1. The summed E-state index contributed by atoms with van der Waals surface area (Å²) in [7, 11) is 1.49. The highest BCUT2D eigenvalue weighted by Crippen LogP contribution is 1.81. The van der Waals surface area contributed by atoms with Crippen LogP contribution in [0.5, 0.6) is 0 Å². The zero-order valence-corrected chi connectivity index (χ0v) is 8.08. The summed E-state index contributed by atoms with van der Waals surface area (Å²) in [5.74, 6) is -0.225. The van der Waals surface area contributed by atoms with Crippen LogP contribution >= 0.6 is 0 Å². The predicted octanol–water partition coefficient (Wildman–Crippen LogP) is -0.854. The van der Waals surface area contributed by atoms with E-state index in [0.717, 1.165) is 0 Å². The maximum Gasteiger partial charge on any atom is 0.246 e. The smallest absolute Gasteiger partial charge is 0.246 e. The molecule has 0 saturated heterocycles. The number of carbonyl (C=O) groups is 1. The Morgan fingerprint density at radius 1 is 1.62 bits per heavy atom. The number of aliphatic hydroxyl groups is 1.